The fourth-order valence-electron chi connectivity index (χ4n) is 1.35. The molecule has 0 fully saturated rings. The van der Waals surface area contributed by atoms with E-state index in [2.05, 4.69) is 0 Å². The van der Waals surface area contributed by atoms with Gasteiger partial charge in [-0.3, -0.25) is 4.79 Å². The highest BCUT2D eigenvalue weighted by Crippen LogP contribution is 2.08. The largest absolute Gasteiger partial charge is 0.300 e. The topological polar surface area (TPSA) is 34.1 Å². The van der Waals surface area contributed by atoms with Crippen LogP contribution in [0.1, 0.15) is 36.2 Å². The molecule has 0 saturated heterocycles. The molecule has 0 heterocycles. The highest BCUT2D eigenvalue weighted by Gasteiger charge is 2.06. The molecule has 2 heteroatoms. The summed E-state index contributed by atoms with van der Waals surface area (Å²) in [4.78, 5) is 21.7. The summed E-state index contributed by atoms with van der Waals surface area (Å²) < 4.78 is 0. The van der Waals surface area contributed by atoms with Crippen LogP contribution in [-0.2, 0) is 4.79 Å². The standard InChI is InChI=1S/C13H10O.C4H8O/c14-13(11-7-3-1-4-8-11)12-9-5-2-6-10-12;1-3-4(2)5/h1-10H;3H2,1-2H3. The summed E-state index contributed by atoms with van der Waals surface area (Å²) in [6, 6.07) is 18.6. The molecule has 2 aromatic rings. The molecule has 0 radical (unpaired) electrons. The minimum atomic E-state index is 0.0752. The van der Waals surface area contributed by atoms with Crippen molar-refractivity contribution < 1.29 is 9.59 Å². The molecule has 0 spiro atoms. The summed E-state index contributed by atoms with van der Waals surface area (Å²) in [6.07, 6.45) is 0.667. The van der Waals surface area contributed by atoms with E-state index in [1.807, 2.05) is 67.6 Å². The fourth-order valence-corrected chi connectivity index (χ4v) is 1.35. The molecule has 0 bridgehead atoms. The quantitative estimate of drug-likeness (QED) is 0.778. The molecule has 0 aromatic heterocycles. The van der Waals surface area contributed by atoms with Crippen molar-refractivity contribution in [3.63, 3.8) is 0 Å². The van der Waals surface area contributed by atoms with Gasteiger partial charge >= 0.3 is 0 Å². The molecule has 19 heavy (non-hydrogen) atoms. The predicted octanol–water partition coefficient (Wildman–Crippen LogP) is 3.90. The molecular weight excluding hydrogens is 236 g/mol. The van der Waals surface area contributed by atoms with Gasteiger partial charge in [0.25, 0.3) is 0 Å². The lowest BCUT2D eigenvalue weighted by molar-refractivity contribution is -0.116. The molecule has 0 amide bonds. The molecule has 0 atom stereocenters. The Morgan fingerprint density at radius 3 is 1.37 bits per heavy atom. The van der Waals surface area contributed by atoms with Gasteiger partial charge in [0.2, 0.25) is 0 Å². The second-order valence-corrected chi connectivity index (χ2v) is 4.12. The molecule has 0 aliphatic heterocycles. The first-order chi connectivity index (χ1) is 9.15. The lowest BCUT2D eigenvalue weighted by Gasteiger charge is -1.99. The molecule has 0 N–H and O–H groups in total. The van der Waals surface area contributed by atoms with Gasteiger partial charge in [0.1, 0.15) is 5.78 Å². The lowest BCUT2D eigenvalue weighted by atomic mass is 10.0. The third kappa shape index (κ3) is 5.30. The van der Waals surface area contributed by atoms with Gasteiger partial charge in [-0.2, -0.15) is 0 Å². The van der Waals surface area contributed by atoms with Crippen molar-refractivity contribution in [2.45, 2.75) is 20.3 Å². The van der Waals surface area contributed by atoms with Gasteiger partial charge in [-0.15, -0.1) is 0 Å². The van der Waals surface area contributed by atoms with Gasteiger partial charge in [-0.1, -0.05) is 67.6 Å². The zero-order valence-corrected chi connectivity index (χ0v) is 11.3. The van der Waals surface area contributed by atoms with Crippen LogP contribution in [-0.4, -0.2) is 11.6 Å². The fraction of sp³-hybridized carbons (Fsp3) is 0.176. The first-order valence-electron chi connectivity index (χ1n) is 6.29. The second kappa shape index (κ2) is 7.98. The zero-order chi connectivity index (χ0) is 14.1. The molecule has 0 aliphatic rings. The highest BCUT2D eigenvalue weighted by molar-refractivity contribution is 6.08. The molecule has 0 saturated carbocycles. The van der Waals surface area contributed by atoms with Crippen molar-refractivity contribution in [2.75, 3.05) is 0 Å². The monoisotopic (exact) mass is 254 g/mol. The van der Waals surface area contributed by atoms with Crippen LogP contribution < -0.4 is 0 Å². The summed E-state index contributed by atoms with van der Waals surface area (Å²) in [6.45, 7) is 3.43. The van der Waals surface area contributed by atoms with Crippen LogP contribution in [0.4, 0.5) is 0 Å². The van der Waals surface area contributed by atoms with E-state index >= 15 is 0 Å². The molecule has 2 rings (SSSR count). The molecule has 2 nitrogen and oxygen atoms in total. The summed E-state index contributed by atoms with van der Waals surface area (Å²) in [5.41, 5.74) is 1.47. The number of carbonyl (C=O) groups is 2. The summed E-state index contributed by atoms with van der Waals surface area (Å²) in [5.74, 6) is 0.330. The molecular formula is C17H18O2. The molecule has 0 unspecified atom stereocenters. The van der Waals surface area contributed by atoms with Crippen molar-refractivity contribution in [3.05, 3.63) is 71.8 Å². The number of benzene rings is 2. The third-order valence-electron chi connectivity index (χ3n) is 2.57. The van der Waals surface area contributed by atoms with Crippen LogP contribution in [0.15, 0.2) is 60.7 Å². The number of carbonyl (C=O) groups excluding carboxylic acids is 2. The average Bonchev–Trinajstić information content (AvgIpc) is 2.49. The number of hydrogen-bond donors (Lipinski definition) is 0. The normalized spacial score (nSPS) is 9.16. The summed E-state index contributed by atoms with van der Waals surface area (Å²) in [5, 5.41) is 0. The minimum Gasteiger partial charge on any atom is -0.300 e. The zero-order valence-electron chi connectivity index (χ0n) is 11.3. The van der Waals surface area contributed by atoms with Crippen molar-refractivity contribution in [3.8, 4) is 0 Å². The van der Waals surface area contributed by atoms with E-state index in [0.717, 1.165) is 11.1 Å². The van der Waals surface area contributed by atoms with Crippen molar-refractivity contribution in [2.24, 2.45) is 0 Å². The van der Waals surface area contributed by atoms with Gasteiger partial charge in [0, 0.05) is 17.5 Å². The Hall–Kier alpha value is -2.22. The van der Waals surface area contributed by atoms with Crippen LogP contribution >= 0.6 is 0 Å². The van der Waals surface area contributed by atoms with Crippen molar-refractivity contribution >= 4 is 11.6 Å². The molecule has 98 valence electrons. The van der Waals surface area contributed by atoms with E-state index in [4.69, 9.17) is 0 Å². The first kappa shape index (κ1) is 14.8. The van der Waals surface area contributed by atoms with Crippen LogP contribution in [0.25, 0.3) is 0 Å². The van der Waals surface area contributed by atoms with Crippen LogP contribution in [0, 0.1) is 0 Å². The van der Waals surface area contributed by atoms with Crippen molar-refractivity contribution in [1.29, 1.82) is 0 Å². The van der Waals surface area contributed by atoms with Gasteiger partial charge in [0.05, 0.1) is 0 Å². The van der Waals surface area contributed by atoms with Gasteiger partial charge in [-0.05, 0) is 6.92 Å². The average molecular weight is 254 g/mol. The Kier molecular flexibility index (Phi) is 6.23. The number of Topliss-reactive ketones (excluding diaryl/α,β-unsaturated/α-hetero) is 1. The van der Waals surface area contributed by atoms with E-state index in [-0.39, 0.29) is 11.6 Å². The summed E-state index contributed by atoms with van der Waals surface area (Å²) >= 11 is 0. The lowest BCUT2D eigenvalue weighted by Crippen LogP contribution is -1.99. The second-order valence-electron chi connectivity index (χ2n) is 4.12. The Morgan fingerprint density at radius 2 is 1.11 bits per heavy atom. The van der Waals surface area contributed by atoms with Crippen LogP contribution in [0.2, 0.25) is 0 Å². The number of rotatable bonds is 3. The molecule has 2 aromatic carbocycles. The van der Waals surface area contributed by atoms with E-state index in [0.29, 0.717) is 6.42 Å². The molecule has 0 aliphatic carbocycles. The summed E-state index contributed by atoms with van der Waals surface area (Å²) in [7, 11) is 0. The van der Waals surface area contributed by atoms with E-state index in [1.165, 1.54) is 0 Å². The van der Waals surface area contributed by atoms with Gasteiger partial charge in [-0.25, -0.2) is 0 Å². The maximum absolute atomic E-state index is 11.8. The minimum absolute atomic E-state index is 0.0752. The Bertz CT molecular complexity index is 474. The SMILES string of the molecule is CCC(C)=O.O=C(c1ccccc1)c1ccccc1. The van der Waals surface area contributed by atoms with Crippen LogP contribution in [0.3, 0.4) is 0 Å². The number of ketones is 2. The van der Waals surface area contributed by atoms with Gasteiger partial charge in [0.15, 0.2) is 5.78 Å². The Morgan fingerprint density at radius 1 is 0.789 bits per heavy atom. The van der Waals surface area contributed by atoms with E-state index < -0.39 is 0 Å². The highest BCUT2D eigenvalue weighted by atomic mass is 16.1. The van der Waals surface area contributed by atoms with Crippen molar-refractivity contribution in [1.82, 2.24) is 0 Å². The van der Waals surface area contributed by atoms with E-state index in [9.17, 15) is 9.59 Å². The number of hydrogen-bond acceptors (Lipinski definition) is 2. The third-order valence-corrected chi connectivity index (χ3v) is 2.57. The van der Waals surface area contributed by atoms with Gasteiger partial charge < -0.3 is 4.79 Å². The predicted molar refractivity (Wildman–Crippen MR) is 77.3 cm³/mol. The first-order valence-corrected chi connectivity index (χ1v) is 6.29. The maximum atomic E-state index is 11.8. The van der Waals surface area contributed by atoms with Crippen LogP contribution in [0.5, 0.6) is 0 Å². The smallest absolute Gasteiger partial charge is 0.193 e. The Labute approximate surface area is 114 Å². The Balaban J connectivity index is 0.000000312. The maximum Gasteiger partial charge on any atom is 0.193 e. The van der Waals surface area contributed by atoms with E-state index in [1.54, 1.807) is 6.92 Å².